The van der Waals surface area contributed by atoms with E-state index in [-0.39, 0.29) is 24.8 Å². The molecule has 0 bridgehead atoms. The number of ether oxygens (including phenoxy) is 1. The maximum absolute atomic E-state index is 12.9. The molecule has 3 heterocycles. The van der Waals surface area contributed by atoms with Crippen LogP contribution in [0.15, 0.2) is 53.1 Å². The van der Waals surface area contributed by atoms with Gasteiger partial charge in [0.1, 0.15) is 23.8 Å². The van der Waals surface area contributed by atoms with Crippen LogP contribution in [0.3, 0.4) is 0 Å². The Kier molecular flexibility index (Phi) is 6.22. The van der Waals surface area contributed by atoms with Crippen molar-refractivity contribution in [2.45, 2.75) is 31.0 Å². The molecule has 0 radical (unpaired) electrons. The van der Waals surface area contributed by atoms with Crippen molar-refractivity contribution in [2.75, 3.05) is 12.4 Å². The number of anilines is 1. The Morgan fingerprint density at radius 1 is 1.12 bits per heavy atom. The van der Waals surface area contributed by atoms with E-state index in [4.69, 9.17) is 9.26 Å². The average molecular weight is 478 g/mol. The van der Waals surface area contributed by atoms with Crippen LogP contribution in [0.2, 0.25) is 0 Å². The fourth-order valence-corrected chi connectivity index (χ4v) is 4.89. The summed E-state index contributed by atoms with van der Waals surface area (Å²) in [6, 6.07) is 14.9. The molecule has 1 aliphatic rings. The van der Waals surface area contributed by atoms with Crippen molar-refractivity contribution >= 4 is 40.4 Å². The molecular formula is C24H23N5O4S. The van der Waals surface area contributed by atoms with Gasteiger partial charge in [-0.2, -0.15) is 16.9 Å². The maximum Gasteiger partial charge on any atom is 0.242 e. The minimum absolute atomic E-state index is 0.0102. The van der Waals surface area contributed by atoms with Gasteiger partial charge in [-0.3, -0.25) is 9.59 Å². The van der Waals surface area contributed by atoms with E-state index in [2.05, 4.69) is 20.9 Å². The van der Waals surface area contributed by atoms with E-state index >= 15 is 0 Å². The largest absolute Gasteiger partial charge is 0.497 e. The average Bonchev–Trinajstić information content (AvgIpc) is 3.55. The number of nitrogens with one attached hydrogen (secondary N) is 2. The highest BCUT2D eigenvalue weighted by Gasteiger charge is 2.25. The van der Waals surface area contributed by atoms with Crippen LogP contribution in [-0.4, -0.2) is 33.9 Å². The third-order valence-corrected chi connectivity index (χ3v) is 6.57. The Balaban J connectivity index is 1.26. The first kappa shape index (κ1) is 22.0. The summed E-state index contributed by atoms with van der Waals surface area (Å²) >= 11 is 1.73. The first-order valence-electron chi connectivity index (χ1n) is 10.8. The van der Waals surface area contributed by atoms with E-state index in [1.807, 2.05) is 48.5 Å². The molecule has 0 unspecified atom stereocenters. The summed E-state index contributed by atoms with van der Waals surface area (Å²) in [5, 5.41) is 15.3. The van der Waals surface area contributed by atoms with Gasteiger partial charge >= 0.3 is 0 Å². The second-order valence-electron chi connectivity index (χ2n) is 7.90. The predicted molar refractivity (Wildman–Crippen MR) is 128 cm³/mol. The number of rotatable bonds is 8. The van der Waals surface area contributed by atoms with Crippen LogP contribution in [-0.2, 0) is 40.6 Å². The minimum Gasteiger partial charge on any atom is -0.497 e. The lowest BCUT2D eigenvalue weighted by molar-refractivity contribution is -0.122. The Morgan fingerprint density at radius 3 is 2.76 bits per heavy atom. The van der Waals surface area contributed by atoms with Crippen LogP contribution in [0.4, 0.5) is 5.82 Å². The quantitative estimate of drug-likeness (QED) is 0.401. The monoisotopic (exact) mass is 477 g/mol. The normalized spacial score (nSPS) is 12.5. The minimum atomic E-state index is -0.237. The third kappa shape index (κ3) is 4.62. The number of methoxy groups -OCH3 is 1. The molecular weight excluding hydrogens is 454 g/mol. The summed E-state index contributed by atoms with van der Waals surface area (Å²) in [5.74, 6) is 2.40. The van der Waals surface area contributed by atoms with E-state index in [1.54, 1.807) is 23.6 Å². The molecule has 2 aromatic heterocycles. The number of hydrogen-bond acceptors (Lipinski definition) is 7. The van der Waals surface area contributed by atoms with Gasteiger partial charge in [0, 0.05) is 29.0 Å². The smallest absolute Gasteiger partial charge is 0.242 e. The van der Waals surface area contributed by atoms with Gasteiger partial charge in [-0.05, 0) is 29.8 Å². The number of amides is 2. The summed E-state index contributed by atoms with van der Waals surface area (Å²) in [4.78, 5) is 25.5. The summed E-state index contributed by atoms with van der Waals surface area (Å²) in [6.45, 7) is 0.400. The predicted octanol–water partition coefficient (Wildman–Crippen LogP) is 3.28. The van der Waals surface area contributed by atoms with E-state index in [0.29, 0.717) is 23.6 Å². The SMILES string of the molecule is COc1ccc(CNC(=O)Cn2nc3c(c2NC(=O)Cc2noc4ccccc24)CSC3)cc1. The summed E-state index contributed by atoms with van der Waals surface area (Å²) < 4.78 is 12.0. The van der Waals surface area contributed by atoms with E-state index < -0.39 is 0 Å². The first-order valence-corrected chi connectivity index (χ1v) is 12.0. The van der Waals surface area contributed by atoms with Gasteiger partial charge in [0.2, 0.25) is 11.8 Å². The van der Waals surface area contributed by atoms with Crippen LogP contribution in [0.1, 0.15) is 22.5 Å². The number of para-hydroxylation sites is 1. The zero-order valence-electron chi connectivity index (χ0n) is 18.5. The molecule has 2 amide bonds. The molecule has 0 saturated heterocycles. The number of nitrogens with zero attached hydrogens (tertiary/aromatic N) is 3. The molecule has 10 heteroatoms. The van der Waals surface area contributed by atoms with Crippen LogP contribution in [0.5, 0.6) is 5.75 Å². The van der Waals surface area contributed by atoms with Crippen LogP contribution in [0, 0.1) is 0 Å². The van der Waals surface area contributed by atoms with Gasteiger partial charge in [-0.1, -0.05) is 29.4 Å². The molecule has 0 aliphatic carbocycles. The Bertz CT molecular complexity index is 1350. The second kappa shape index (κ2) is 9.60. The zero-order valence-corrected chi connectivity index (χ0v) is 19.4. The molecule has 2 aromatic carbocycles. The number of benzene rings is 2. The van der Waals surface area contributed by atoms with Gasteiger partial charge in [-0.15, -0.1) is 0 Å². The fraction of sp³-hybridized carbons (Fsp3) is 0.250. The van der Waals surface area contributed by atoms with E-state index in [1.165, 1.54) is 0 Å². The molecule has 1 aliphatic heterocycles. The summed E-state index contributed by atoms with van der Waals surface area (Å²) in [6.07, 6.45) is 0.0633. The van der Waals surface area contributed by atoms with Crippen LogP contribution < -0.4 is 15.4 Å². The first-order chi connectivity index (χ1) is 16.6. The number of fused-ring (bicyclic) bond motifs is 2. The molecule has 0 fully saturated rings. The van der Waals surface area contributed by atoms with Crippen molar-refractivity contribution in [3.8, 4) is 5.75 Å². The van der Waals surface area contributed by atoms with Crippen molar-refractivity contribution in [1.29, 1.82) is 0 Å². The molecule has 174 valence electrons. The molecule has 0 saturated carbocycles. The lowest BCUT2D eigenvalue weighted by atomic mass is 10.1. The van der Waals surface area contributed by atoms with Gasteiger partial charge in [0.25, 0.3) is 0 Å². The lowest BCUT2D eigenvalue weighted by Crippen LogP contribution is -2.29. The van der Waals surface area contributed by atoms with Gasteiger partial charge in [0.15, 0.2) is 5.58 Å². The second-order valence-corrected chi connectivity index (χ2v) is 8.89. The number of thioether (sulfide) groups is 1. The molecule has 0 atom stereocenters. The fourth-order valence-electron chi connectivity index (χ4n) is 3.85. The highest BCUT2D eigenvalue weighted by molar-refractivity contribution is 7.98. The molecule has 34 heavy (non-hydrogen) atoms. The number of carbonyl (C=O) groups is 2. The molecule has 2 N–H and O–H groups in total. The molecule has 9 nitrogen and oxygen atoms in total. The van der Waals surface area contributed by atoms with Crippen molar-refractivity contribution < 1.29 is 18.8 Å². The van der Waals surface area contributed by atoms with E-state index in [0.717, 1.165) is 39.5 Å². The van der Waals surface area contributed by atoms with Crippen molar-refractivity contribution in [2.24, 2.45) is 0 Å². The number of carbonyl (C=O) groups excluding carboxylic acids is 2. The maximum atomic E-state index is 12.9. The summed E-state index contributed by atoms with van der Waals surface area (Å²) in [5.41, 5.74) is 4.03. The van der Waals surface area contributed by atoms with Gasteiger partial charge in [0.05, 0.1) is 19.2 Å². The highest BCUT2D eigenvalue weighted by Crippen LogP contribution is 2.34. The summed E-state index contributed by atoms with van der Waals surface area (Å²) in [7, 11) is 1.61. The topological polar surface area (TPSA) is 111 Å². The standard InChI is InChI=1S/C24H23N5O4S/c1-32-16-8-6-15(7-9-16)11-25-23(31)12-29-24(18-13-34-14-20(18)27-29)26-22(30)10-19-17-4-2-3-5-21(17)33-28-19/h2-9H,10-14H2,1H3,(H,25,31)(H,26,30). The highest BCUT2D eigenvalue weighted by atomic mass is 32.2. The van der Waals surface area contributed by atoms with Crippen molar-refractivity contribution in [3.05, 3.63) is 71.0 Å². The van der Waals surface area contributed by atoms with Gasteiger partial charge < -0.3 is 19.9 Å². The number of hydrogen-bond donors (Lipinski definition) is 2. The third-order valence-electron chi connectivity index (χ3n) is 5.60. The van der Waals surface area contributed by atoms with Crippen molar-refractivity contribution in [3.63, 3.8) is 0 Å². The van der Waals surface area contributed by atoms with Crippen molar-refractivity contribution in [1.82, 2.24) is 20.3 Å². The molecule has 5 rings (SSSR count). The van der Waals surface area contributed by atoms with Crippen LogP contribution in [0.25, 0.3) is 11.0 Å². The van der Waals surface area contributed by atoms with Gasteiger partial charge in [-0.25, -0.2) is 4.68 Å². The zero-order chi connectivity index (χ0) is 23.5. The molecule has 4 aromatic rings. The molecule has 0 spiro atoms. The van der Waals surface area contributed by atoms with Crippen LogP contribution >= 0.6 is 11.8 Å². The lowest BCUT2D eigenvalue weighted by Gasteiger charge is -2.11. The Labute approximate surface area is 199 Å². The van der Waals surface area contributed by atoms with E-state index in [9.17, 15) is 9.59 Å². The Hall–Kier alpha value is -3.79. The number of aromatic nitrogens is 3. The Morgan fingerprint density at radius 2 is 1.94 bits per heavy atom.